The molecule has 0 saturated carbocycles. The van der Waals surface area contributed by atoms with Crippen LogP contribution in [0.3, 0.4) is 0 Å². The Labute approximate surface area is 137 Å². The number of rotatable bonds is 1. The predicted octanol–water partition coefficient (Wildman–Crippen LogP) is 1.64. The Hall–Kier alpha value is -1.67. The Morgan fingerprint density at radius 1 is 1.22 bits per heavy atom. The summed E-state index contributed by atoms with van der Waals surface area (Å²) in [5.41, 5.74) is 1.84. The normalized spacial score (nSPS) is 19.1. The maximum absolute atomic E-state index is 12.4. The Morgan fingerprint density at radius 3 is 2.74 bits per heavy atom. The Balaban J connectivity index is 2.05. The van der Waals surface area contributed by atoms with Crippen LogP contribution in [0, 0.1) is 13.8 Å². The minimum Gasteiger partial charge on any atom is -0.323 e. The van der Waals surface area contributed by atoms with E-state index in [-0.39, 0.29) is 18.3 Å². The van der Waals surface area contributed by atoms with Gasteiger partial charge in [0.1, 0.15) is 5.82 Å². The number of carbonyl (C=O) groups is 1. The summed E-state index contributed by atoms with van der Waals surface area (Å²) in [5.74, 6) is 0.409. The van der Waals surface area contributed by atoms with Crippen LogP contribution in [0.5, 0.6) is 0 Å². The van der Waals surface area contributed by atoms with Crippen LogP contribution in [0.1, 0.15) is 30.5 Å². The first-order valence-corrected chi connectivity index (χ1v) is 9.49. The van der Waals surface area contributed by atoms with E-state index in [0.29, 0.717) is 18.9 Å². The molecule has 1 aromatic rings. The van der Waals surface area contributed by atoms with Gasteiger partial charge >= 0.3 is 6.03 Å². The van der Waals surface area contributed by atoms with Gasteiger partial charge in [0.25, 0.3) is 0 Å². The van der Waals surface area contributed by atoms with Crippen LogP contribution in [0.15, 0.2) is 12.1 Å². The molecule has 1 saturated heterocycles. The summed E-state index contributed by atoms with van der Waals surface area (Å²) >= 11 is 0. The Morgan fingerprint density at radius 2 is 2.00 bits per heavy atom. The van der Waals surface area contributed by atoms with Crippen molar-refractivity contribution < 1.29 is 13.2 Å². The lowest BCUT2D eigenvalue weighted by Gasteiger charge is -2.24. The topological polar surface area (TPSA) is 91.4 Å². The molecule has 2 amide bonds. The number of aromatic nitrogens is 1. The van der Waals surface area contributed by atoms with Gasteiger partial charge in [-0.2, -0.15) is 0 Å². The van der Waals surface area contributed by atoms with Crippen molar-refractivity contribution in [2.45, 2.75) is 33.1 Å². The zero-order valence-electron chi connectivity index (χ0n) is 13.6. The number of hydrogen-bond donors (Lipinski definition) is 2. The molecule has 7 nitrogen and oxygen atoms in total. The van der Waals surface area contributed by atoms with Crippen LogP contribution < -0.4 is 10.0 Å². The standard InChI is InChI=1S/C15H24N4O3S/c1-12-10-13(2)17-14(11-12)18-15(20)19-7-5-3-4-6-16-23(21,22)9-8-19/h10-11,16H,3-9H2,1-2H3,(H,17,18,20). The summed E-state index contributed by atoms with van der Waals surface area (Å²) in [6, 6.07) is 3.42. The third-order valence-corrected chi connectivity index (χ3v) is 5.04. The number of hydrogen-bond acceptors (Lipinski definition) is 4. The van der Waals surface area contributed by atoms with Gasteiger partial charge in [-0.05, 0) is 44.4 Å². The van der Waals surface area contributed by atoms with Crippen LogP contribution in [0.4, 0.5) is 10.6 Å². The maximum Gasteiger partial charge on any atom is 0.323 e. The average molecular weight is 340 g/mol. The quantitative estimate of drug-likeness (QED) is 0.813. The molecule has 8 heteroatoms. The summed E-state index contributed by atoms with van der Waals surface area (Å²) in [5, 5.41) is 2.77. The summed E-state index contributed by atoms with van der Waals surface area (Å²) in [4.78, 5) is 18.3. The molecular weight excluding hydrogens is 316 g/mol. The van der Waals surface area contributed by atoms with Crippen molar-refractivity contribution in [2.75, 3.05) is 30.7 Å². The number of nitrogens with zero attached hydrogens (tertiary/aromatic N) is 2. The van der Waals surface area contributed by atoms with Crippen LogP contribution in [-0.4, -0.2) is 49.7 Å². The zero-order valence-corrected chi connectivity index (χ0v) is 14.4. The fraction of sp³-hybridized carbons (Fsp3) is 0.600. The number of urea groups is 1. The van der Waals surface area contributed by atoms with Gasteiger partial charge in [-0.1, -0.05) is 6.42 Å². The highest BCUT2D eigenvalue weighted by atomic mass is 32.2. The largest absolute Gasteiger partial charge is 0.323 e. The van der Waals surface area contributed by atoms with E-state index in [0.717, 1.165) is 30.5 Å². The highest BCUT2D eigenvalue weighted by Crippen LogP contribution is 2.11. The molecule has 2 heterocycles. The van der Waals surface area contributed by atoms with E-state index in [1.807, 2.05) is 19.9 Å². The predicted molar refractivity (Wildman–Crippen MR) is 89.9 cm³/mol. The van der Waals surface area contributed by atoms with Gasteiger partial charge in [0.05, 0.1) is 5.75 Å². The lowest BCUT2D eigenvalue weighted by Crippen LogP contribution is -2.42. The van der Waals surface area contributed by atoms with Gasteiger partial charge < -0.3 is 4.90 Å². The molecule has 1 aromatic heterocycles. The van der Waals surface area contributed by atoms with E-state index in [4.69, 9.17) is 0 Å². The summed E-state index contributed by atoms with van der Waals surface area (Å²) < 4.78 is 26.2. The molecule has 0 aromatic carbocycles. The molecule has 23 heavy (non-hydrogen) atoms. The second-order valence-corrected chi connectivity index (χ2v) is 7.79. The van der Waals surface area contributed by atoms with E-state index < -0.39 is 10.0 Å². The average Bonchev–Trinajstić information content (AvgIpc) is 2.44. The Kier molecular flexibility index (Phi) is 5.95. The van der Waals surface area contributed by atoms with E-state index in [1.54, 1.807) is 11.0 Å². The highest BCUT2D eigenvalue weighted by molar-refractivity contribution is 7.89. The van der Waals surface area contributed by atoms with Gasteiger partial charge in [-0.15, -0.1) is 0 Å². The molecule has 128 valence electrons. The molecule has 0 aliphatic carbocycles. The van der Waals surface area contributed by atoms with Crippen molar-refractivity contribution in [1.29, 1.82) is 0 Å². The molecule has 2 N–H and O–H groups in total. The molecule has 2 rings (SSSR count). The molecule has 0 spiro atoms. The smallest absolute Gasteiger partial charge is 0.323 e. The second-order valence-electron chi connectivity index (χ2n) is 5.86. The van der Waals surface area contributed by atoms with E-state index in [1.165, 1.54) is 0 Å². The fourth-order valence-electron chi connectivity index (χ4n) is 2.54. The first-order chi connectivity index (χ1) is 10.9. The minimum absolute atomic E-state index is 0.0826. The van der Waals surface area contributed by atoms with Crippen LogP contribution >= 0.6 is 0 Å². The number of aryl methyl sites for hydroxylation is 2. The van der Waals surface area contributed by atoms with Gasteiger partial charge in [-0.25, -0.2) is 22.9 Å². The van der Waals surface area contributed by atoms with Crippen molar-refractivity contribution in [3.8, 4) is 0 Å². The number of pyridine rings is 1. The number of sulfonamides is 1. The molecule has 1 fully saturated rings. The van der Waals surface area contributed by atoms with Crippen LogP contribution in [0.2, 0.25) is 0 Å². The number of carbonyl (C=O) groups excluding carboxylic acids is 1. The van der Waals surface area contributed by atoms with Crippen molar-refractivity contribution in [2.24, 2.45) is 0 Å². The first-order valence-electron chi connectivity index (χ1n) is 7.84. The van der Waals surface area contributed by atoms with Crippen molar-refractivity contribution in [3.05, 3.63) is 23.4 Å². The molecule has 0 radical (unpaired) electrons. The third-order valence-electron chi connectivity index (χ3n) is 3.68. The van der Waals surface area contributed by atoms with E-state index >= 15 is 0 Å². The number of anilines is 1. The zero-order chi connectivity index (χ0) is 16.9. The lowest BCUT2D eigenvalue weighted by atomic mass is 10.2. The molecule has 1 aliphatic rings. The lowest BCUT2D eigenvalue weighted by molar-refractivity contribution is 0.213. The SMILES string of the molecule is Cc1cc(C)nc(NC(=O)N2CCCCCNS(=O)(=O)CC2)c1. The summed E-state index contributed by atoms with van der Waals surface area (Å²) in [6.07, 6.45) is 2.52. The monoisotopic (exact) mass is 340 g/mol. The third kappa shape index (κ3) is 5.80. The second kappa shape index (κ2) is 7.74. The van der Waals surface area contributed by atoms with Gasteiger partial charge in [0.2, 0.25) is 10.0 Å². The maximum atomic E-state index is 12.4. The van der Waals surface area contributed by atoms with Crippen molar-refractivity contribution >= 4 is 21.9 Å². The summed E-state index contributed by atoms with van der Waals surface area (Å²) in [7, 11) is -3.32. The molecule has 0 unspecified atom stereocenters. The molecular formula is C15H24N4O3S. The van der Waals surface area contributed by atoms with Crippen molar-refractivity contribution in [1.82, 2.24) is 14.6 Å². The number of amides is 2. The van der Waals surface area contributed by atoms with Gasteiger partial charge in [0.15, 0.2) is 0 Å². The molecule has 0 atom stereocenters. The van der Waals surface area contributed by atoms with Gasteiger partial charge in [-0.3, -0.25) is 5.32 Å². The van der Waals surface area contributed by atoms with E-state index in [9.17, 15) is 13.2 Å². The molecule has 1 aliphatic heterocycles. The van der Waals surface area contributed by atoms with Gasteiger partial charge in [0, 0.05) is 25.3 Å². The highest BCUT2D eigenvalue weighted by Gasteiger charge is 2.19. The van der Waals surface area contributed by atoms with Crippen LogP contribution in [0.25, 0.3) is 0 Å². The number of nitrogens with one attached hydrogen (secondary N) is 2. The molecule has 0 bridgehead atoms. The van der Waals surface area contributed by atoms with E-state index in [2.05, 4.69) is 15.0 Å². The fourth-order valence-corrected chi connectivity index (χ4v) is 3.60. The summed E-state index contributed by atoms with van der Waals surface area (Å²) in [6.45, 7) is 5.00. The van der Waals surface area contributed by atoms with Crippen LogP contribution in [-0.2, 0) is 10.0 Å². The Bertz CT molecular complexity index is 640. The van der Waals surface area contributed by atoms with Crippen molar-refractivity contribution in [3.63, 3.8) is 0 Å². The minimum atomic E-state index is -3.32. The first kappa shape index (κ1) is 17.7.